The molecule has 34 heavy (non-hydrogen) atoms. The molecule has 0 bridgehead atoms. The van der Waals surface area contributed by atoms with Crippen LogP contribution in [-0.2, 0) is 11.4 Å². The minimum absolute atomic E-state index is 0.0387. The zero-order valence-corrected chi connectivity index (χ0v) is 19.2. The van der Waals surface area contributed by atoms with Crippen LogP contribution in [-0.4, -0.2) is 36.4 Å². The molecule has 4 rings (SSSR count). The molecule has 0 saturated carbocycles. The van der Waals surface area contributed by atoms with Crippen LogP contribution < -0.4 is 14.8 Å². The van der Waals surface area contributed by atoms with Gasteiger partial charge in [-0.1, -0.05) is 55.3 Å². The first kappa shape index (κ1) is 23.4. The molecule has 2 amide bonds. The van der Waals surface area contributed by atoms with Crippen LogP contribution in [0.3, 0.4) is 0 Å². The number of anilines is 1. The highest BCUT2D eigenvalue weighted by Crippen LogP contribution is 2.22. The highest BCUT2D eigenvalue weighted by molar-refractivity contribution is 6.06. The van der Waals surface area contributed by atoms with E-state index in [-0.39, 0.29) is 18.4 Å². The molecule has 1 aliphatic heterocycles. The van der Waals surface area contributed by atoms with Gasteiger partial charge in [0.25, 0.3) is 11.8 Å². The van der Waals surface area contributed by atoms with E-state index >= 15 is 0 Å². The summed E-state index contributed by atoms with van der Waals surface area (Å²) in [4.78, 5) is 27.3. The van der Waals surface area contributed by atoms with Crippen molar-refractivity contribution < 1.29 is 19.1 Å². The predicted octanol–water partition coefficient (Wildman–Crippen LogP) is 5.30. The summed E-state index contributed by atoms with van der Waals surface area (Å²) in [6, 6.07) is 24.1. The lowest BCUT2D eigenvalue weighted by atomic mass is 10.2. The third kappa shape index (κ3) is 6.61. The summed E-state index contributed by atoms with van der Waals surface area (Å²) < 4.78 is 11.6. The Balaban J connectivity index is 1.32. The molecule has 0 spiro atoms. The second-order valence-corrected chi connectivity index (χ2v) is 8.33. The molecule has 0 aromatic heterocycles. The first-order chi connectivity index (χ1) is 16.7. The third-order valence-corrected chi connectivity index (χ3v) is 5.80. The van der Waals surface area contributed by atoms with Crippen molar-refractivity contribution in [2.24, 2.45) is 0 Å². The van der Waals surface area contributed by atoms with E-state index in [1.165, 1.54) is 0 Å². The molecule has 1 aliphatic rings. The maximum absolute atomic E-state index is 12.9. The Morgan fingerprint density at radius 2 is 1.44 bits per heavy atom. The number of hydrogen-bond acceptors (Lipinski definition) is 4. The van der Waals surface area contributed by atoms with Crippen LogP contribution >= 0.6 is 0 Å². The number of carbonyl (C=O) groups excluding carboxylic acids is 2. The molecule has 6 nitrogen and oxygen atoms in total. The number of likely N-dealkylation sites (tertiary alicyclic amines) is 1. The Bertz CT molecular complexity index is 1080. The topological polar surface area (TPSA) is 67.9 Å². The highest BCUT2D eigenvalue weighted by Gasteiger charge is 2.18. The van der Waals surface area contributed by atoms with Crippen LogP contribution in [0.2, 0.25) is 0 Å². The molecule has 1 fully saturated rings. The fraction of sp³-hybridized carbons (Fsp3) is 0.286. The second-order valence-electron chi connectivity index (χ2n) is 8.33. The van der Waals surface area contributed by atoms with Gasteiger partial charge in [-0.25, -0.2) is 0 Å². The number of carbonyl (C=O) groups is 2. The Morgan fingerprint density at radius 1 is 0.765 bits per heavy atom. The summed E-state index contributed by atoms with van der Waals surface area (Å²) in [7, 11) is 0. The molecule has 1 N–H and O–H groups in total. The predicted molar refractivity (Wildman–Crippen MR) is 132 cm³/mol. The van der Waals surface area contributed by atoms with Crippen LogP contribution in [0, 0.1) is 0 Å². The fourth-order valence-corrected chi connectivity index (χ4v) is 3.90. The van der Waals surface area contributed by atoms with Crippen molar-refractivity contribution >= 4 is 17.5 Å². The number of nitrogens with one attached hydrogen (secondary N) is 1. The van der Waals surface area contributed by atoms with Crippen molar-refractivity contribution in [3.8, 4) is 11.5 Å². The van der Waals surface area contributed by atoms with Crippen LogP contribution in [0.4, 0.5) is 5.69 Å². The molecule has 1 heterocycles. The van der Waals surface area contributed by atoms with Crippen molar-refractivity contribution in [3.63, 3.8) is 0 Å². The van der Waals surface area contributed by atoms with E-state index in [1.807, 2.05) is 47.4 Å². The molecule has 0 aliphatic carbocycles. The average Bonchev–Trinajstić information content (AvgIpc) is 3.17. The number of nitrogens with zero attached hydrogens (tertiary/aromatic N) is 1. The van der Waals surface area contributed by atoms with Crippen molar-refractivity contribution in [1.82, 2.24) is 4.90 Å². The van der Waals surface area contributed by atoms with E-state index in [1.54, 1.807) is 36.4 Å². The third-order valence-electron chi connectivity index (χ3n) is 5.80. The Labute approximate surface area is 200 Å². The summed E-state index contributed by atoms with van der Waals surface area (Å²) in [5.41, 5.74) is 2.12. The van der Waals surface area contributed by atoms with Gasteiger partial charge in [0.05, 0.1) is 5.56 Å². The number of para-hydroxylation sites is 1. The monoisotopic (exact) mass is 458 g/mol. The highest BCUT2D eigenvalue weighted by atomic mass is 16.5. The van der Waals surface area contributed by atoms with E-state index in [4.69, 9.17) is 9.47 Å². The molecule has 1 saturated heterocycles. The van der Waals surface area contributed by atoms with E-state index in [0.29, 0.717) is 23.6 Å². The number of amides is 2. The van der Waals surface area contributed by atoms with Gasteiger partial charge in [-0.2, -0.15) is 0 Å². The van der Waals surface area contributed by atoms with Gasteiger partial charge < -0.3 is 19.7 Å². The van der Waals surface area contributed by atoms with Crippen molar-refractivity contribution in [2.75, 3.05) is 25.0 Å². The van der Waals surface area contributed by atoms with Crippen LogP contribution in [0.25, 0.3) is 0 Å². The maximum Gasteiger partial charge on any atom is 0.260 e. The van der Waals surface area contributed by atoms with Crippen LogP contribution in [0.5, 0.6) is 11.5 Å². The molecular formula is C28H30N2O4. The van der Waals surface area contributed by atoms with Gasteiger partial charge in [0.1, 0.15) is 18.1 Å². The van der Waals surface area contributed by atoms with Crippen LogP contribution in [0.1, 0.15) is 41.6 Å². The number of hydrogen-bond donors (Lipinski definition) is 1. The van der Waals surface area contributed by atoms with Crippen LogP contribution in [0.15, 0.2) is 78.9 Å². The molecule has 176 valence electrons. The lowest BCUT2D eigenvalue weighted by Gasteiger charge is -2.20. The average molecular weight is 459 g/mol. The first-order valence-electron chi connectivity index (χ1n) is 11.8. The van der Waals surface area contributed by atoms with E-state index in [2.05, 4.69) is 5.32 Å². The zero-order valence-electron chi connectivity index (χ0n) is 19.2. The van der Waals surface area contributed by atoms with E-state index in [0.717, 1.165) is 50.1 Å². The molecule has 0 radical (unpaired) electrons. The van der Waals surface area contributed by atoms with Crippen molar-refractivity contribution in [3.05, 3.63) is 90.0 Å². The van der Waals surface area contributed by atoms with Gasteiger partial charge >= 0.3 is 0 Å². The molecule has 3 aromatic carbocycles. The van der Waals surface area contributed by atoms with E-state index < -0.39 is 0 Å². The Kier molecular flexibility index (Phi) is 8.17. The zero-order chi connectivity index (χ0) is 23.6. The van der Waals surface area contributed by atoms with Gasteiger partial charge in [-0.15, -0.1) is 0 Å². The summed E-state index contributed by atoms with van der Waals surface area (Å²) in [5, 5.41) is 2.89. The summed E-state index contributed by atoms with van der Waals surface area (Å²) in [5.74, 6) is 0.780. The minimum atomic E-state index is -0.296. The van der Waals surface area contributed by atoms with Gasteiger partial charge in [0.15, 0.2) is 6.61 Å². The van der Waals surface area contributed by atoms with Gasteiger partial charge in [0, 0.05) is 18.8 Å². The lowest BCUT2D eigenvalue weighted by molar-refractivity contribution is -0.133. The Hall–Kier alpha value is -3.80. The van der Waals surface area contributed by atoms with E-state index in [9.17, 15) is 9.59 Å². The minimum Gasteiger partial charge on any atom is -0.489 e. The summed E-state index contributed by atoms with van der Waals surface area (Å²) in [6.45, 7) is 1.95. The van der Waals surface area contributed by atoms with Gasteiger partial charge in [-0.05, 0) is 54.8 Å². The van der Waals surface area contributed by atoms with Gasteiger partial charge in [-0.3, -0.25) is 9.59 Å². The fourth-order valence-electron chi connectivity index (χ4n) is 3.90. The van der Waals surface area contributed by atoms with Crippen molar-refractivity contribution in [2.45, 2.75) is 32.3 Å². The number of rotatable bonds is 8. The second kappa shape index (κ2) is 11.9. The molecule has 0 unspecified atom stereocenters. The smallest absolute Gasteiger partial charge is 0.260 e. The maximum atomic E-state index is 12.9. The molecule has 0 atom stereocenters. The van der Waals surface area contributed by atoms with Gasteiger partial charge in [0.2, 0.25) is 0 Å². The number of benzene rings is 3. The summed E-state index contributed by atoms with van der Waals surface area (Å²) >= 11 is 0. The Morgan fingerprint density at radius 3 is 2.18 bits per heavy atom. The van der Waals surface area contributed by atoms with Crippen molar-refractivity contribution in [1.29, 1.82) is 0 Å². The first-order valence-corrected chi connectivity index (χ1v) is 11.8. The molecule has 3 aromatic rings. The SMILES string of the molecule is O=C(Nc1ccc(OCc2ccccc2)cc1)c1ccccc1OCC(=O)N1CCCCCC1. The standard InChI is InChI=1S/C28H30N2O4/c31-27(30-18-8-1-2-9-19-30)21-34-26-13-7-6-12-25(26)28(32)29-23-14-16-24(17-15-23)33-20-22-10-4-3-5-11-22/h3-7,10-17H,1-2,8-9,18-21H2,(H,29,32). The quantitative estimate of drug-likeness (QED) is 0.497. The normalized spacial score (nSPS) is 13.6. The summed E-state index contributed by atoms with van der Waals surface area (Å²) in [6.07, 6.45) is 4.38. The molecule has 6 heteroatoms. The molecular weight excluding hydrogens is 428 g/mol. The largest absolute Gasteiger partial charge is 0.489 e. The lowest BCUT2D eigenvalue weighted by Crippen LogP contribution is -2.35. The number of ether oxygens (including phenoxy) is 2.